The number of carbonyl (C=O) groups excluding carboxylic acids is 1. The van der Waals surface area contributed by atoms with E-state index in [1.165, 1.54) is 12.1 Å². The van der Waals surface area contributed by atoms with Gasteiger partial charge in [0.05, 0.1) is 10.8 Å². The number of aliphatic hydroxyl groups is 1. The van der Waals surface area contributed by atoms with Crippen molar-refractivity contribution in [2.45, 2.75) is 11.9 Å². The highest BCUT2D eigenvalue weighted by molar-refractivity contribution is 7.89. The van der Waals surface area contributed by atoms with Gasteiger partial charge in [-0.15, -0.1) is 0 Å². The molecule has 0 aliphatic heterocycles. The van der Waals surface area contributed by atoms with Crippen LogP contribution in [0.25, 0.3) is 0 Å². The number of hydrogen-bond donors (Lipinski definition) is 2. The Labute approximate surface area is 168 Å². The standard InChI is InChI=1S/C18H19Cl2NO5S/c1-27(24,25)11-12-5-7-13(8-6-12)18(23)21-9-14(22)10-26-16-4-2-3-15(19)17(16)20/h2-8,14,22H,9-11H2,1H3,(H,21,23). The average molecular weight is 432 g/mol. The van der Waals surface area contributed by atoms with E-state index >= 15 is 0 Å². The predicted octanol–water partition coefficient (Wildman–Crippen LogP) is 2.71. The number of hydrogen-bond acceptors (Lipinski definition) is 5. The monoisotopic (exact) mass is 431 g/mol. The molecule has 1 atom stereocenters. The molecule has 1 unspecified atom stereocenters. The van der Waals surface area contributed by atoms with E-state index < -0.39 is 15.9 Å². The summed E-state index contributed by atoms with van der Waals surface area (Å²) in [6, 6.07) is 11.1. The van der Waals surface area contributed by atoms with Gasteiger partial charge in [-0.3, -0.25) is 4.79 Å². The summed E-state index contributed by atoms with van der Waals surface area (Å²) in [6.07, 6.45) is 0.196. The van der Waals surface area contributed by atoms with Crippen LogP contribution in [0.1, 0.15) is 15.9 Å². The molecule has 146 valence electrons. The smallest absolute Gasteiger partial charge is 0.251 e. The lowest BCUT2D eigenvalue weighted by Crippen LogP contribution is -2.35. The molecule has 0 saturated carbocycles. The van der Waals surface area contributed by atoms with Crippen LogP contribution in [0, 0.1) is 0 Å². The molecule has 0 radical (unpaired) electrons. The van der Waals surface area contributed by atoms with E-state index in [-0.39, 0.29) is 29.8 Å². The Bertz CT molecular complexity index is 900. The van der Waals surface area contributed by atoms with Crippen molar-refractivity contribution in [1.29, 1.82) is 0 Å². The van der Waals surface area contributed by atoms with Crippen molar-refractivity contribution >= 4 is 38.9 Å². The summed E-state index contributed by atoms with van der Waals surface area (Å²) in [5.41, 5.74) is 0.958. The van der Waals surface area contributed by atoms with Crippen molar-refractivity contribution < 1.29 is 23.1 Å². The lowest BCUT2D eigenvalue weighted by Gasteiger charge is -2.14. The summed E-state index contributed by atoms with van der Waals surface area (Å²) in [5, 5.41) is 13.1. The first-order chi connectivity index (χ1) is 12.7. The van der Waals surface area contributed by atoms with E-state index in [9.17, 15) is 18.3 Å². The van der Waals surface area contributed by atoms with Gasteiger partial charge in [0, 0.05) is 18.4 Å². The SMILES string of the molecule is CS(=O)(=O)Cc1ccc(C(=O)NCC(O)COc2cccc(Cl)c2Cl)cc1. The molecular formula is C18H19Cl2NO5S. The number of carbonyl (C=O) groups is 1. The van der Waals surface area contributed by atoms with Crippen LogP contribution in [0.2, 0.25) is 10.0 Å². The molecule has 0 aliphatic carbocycles. The maximum atomic E-state index is 12.1. The van der Waals surface area contributed by atoms with Gasteiger partial charge in [0.2, 0.25) is 0 Å². The van der Waals surface area contributed by atoms with Crippen LogP contribution in [0.3, 0.4) is 0 Å². The maximum absolute atomic E-state index is 12.1. The fourth-order valence-electron chi connectivity index (χ4n) is 2.21. The van der Waals surface area contributed by atoms with Gasteiger partial charge in [-0.25, -0.2) is 8.42 Å². The Morgan fingerprint density at radius 1 is 1.19 bits per heavy atom. The van der Waals surface area contributed by atoms with Gasteiger partial charge in [-0.1, -0.05) is 41.4 Å². The van der Waals surface area contributed by atoms with Gasteiger partial charge in [-0.05, 0) is 29.8 Å². The minimum atomic E-state index is -3.13. The van der Waals surface area contributed by atoms with Crippen molar-refractivity contribution in [1.82, 2.24) is 5.32 Å². The lowest BCUT2D eigenvalue weighted by atomic mass is 10.1. The first kappa shape index (κ1) is 21.5. The lowest BCUT2D eigenvalue weighted by molar-refractivity contribution is 0.0844. The van der Waals surface area contributed by atoms with E-state index in [0.717, 1.165) is 6.26 Å². The summed E-state index contributed by atoms with van der Waals surface area (Å²) < 4.78 is 27.9. The maximum Gasteiger partial charge on any atom is 0.251 e. The van der Waals surface area contributed by atoms with Crippen LogP contribution >= 0.6 is 23.2 Å². The molecule has 0 aliphatic rings. The number of ether oxygens (including phenoxy) is 1. The zero-order valence-corrected chi connectivity index (χ0v) is 16.8. The van der Waals surface area contributed by atoms with Gasteiger partial charge in [0.15, 0.2) is 9.84 Å². The number of nitrogens with one attached hydrogen (secondary N) is 1. The Morgan fingerprint density at radius 2 is 1.85 bits per heavy atom. The molecular weight excluding hydrogens is 413 g/mol. The Balaban J connectivity index is 1.83. The van der Waals surface area contributed by atoms with Gasteiger partial charge >= 0.3 is 0 Å². The summed E-state index contributed by atoms with van der Waals surface area (Å²) in [6.45, 7) is -0.101. The molecule has 27 heavy (non-hydrogen) atoms. The molecule has 2 rings (SSSR count). The third kappa shape index (κ3) is 7.03. The van der Waals surface area contributed by atoms with E-state index in [4.69, 9.17) is 27.9 Å². The molecule has 0 aromatic heterocycles. The summed E-state index contributed by atoms with van der Waals surface area (Å²) >= 11 is 11.9. The predicted molar refractivity (Wildman–Crippen MR) is 105 cm³/mol. The molecule has 9 heteroatoms. The highest BCUT2D eigenvalue weighted by Gasteiger charge is 2.12. The van der Waals surface area contributed by atoms with E-state index in [2.05, 4.69) is 5.32 Å². The minimum absolute atomic E-state index is 0.0257. The zero-order chi connectivity index (χ0) is 20.0. The molecule has 0 saturated heterocycles. The number of aliphatic hydroxyl groups excluding tert-OH is 1. The molecule has 2 aromatic carbocycles. The summed E-state index contributed by atoms with van der Waals surface area (Å²) in [5.74, 6) is -0.131. The topological polar surface area (TPSA) is 92.7 Å². The highest BCUT2D eigenvalue weighted by Crippen LogP contribution is 2.31. The quantitative estimate of drug-likeness (QED) is 0.669. The molecule has 0 spiro atoms. The molecule has 1 amide bonds. The average Bonchev–Trinajstić information content (AvgIpc) is 2.60. The molecule has 0 bridgehead atoms. The third-order valence-corrected chi connectivity index (χ3v) is 5.15. The molecule has 6 nitrogen and oxygen atoms in total. The third-order valence-electron chi connectivity index (χ3n) is 3.49. The van der Waals surface area contributed by atoms with Gasteiger partial charge in [0.25, 0.3) is 5.91 Å². The van der Waals surface area contributed by atoms with Gasteiger partial charge < -0.3 is 15.2 Å². The molecule has 0 fully saturated rings. The first-order valence-electron chi connectivity index (χ1n) is 7.95. The van der Waals surface area contributed by atoms with Crippen molar-refractivity contribution in [3.05, 3.63) is 63.6 Å². The minimum Gasteiger partial charge on any atom is -0.489 e. The Morgan fingerprint density at radius 3 is 2.48 bits per heavy atom. The number of rotatable bonds is 8. The number of amides is 1. The summed E-state index contributed by atoms with van der Waals surface area (Å²) in [7, 11) is -3.13. The van der Waals surface area contributed by atoms with Crippen molar-refractivity contribution in [3.63, 3.8) is 0 Å². The van der Waals surface area contributed by atoms with E-state index in [1.807, 2.05) is 0 Å². The van der Waals surface area contributed by atoms with Crippen LogP contribution in [-0.4, -0.2) is 44.9 Å². The fraction of sp³-hybridized carbons (Fsp3) is 0.278. The van der Waals surface area contributed by atoms with E-state index in [1.54, 1.807) is 30.3 Å². The Hall–Kier alpha value is -1.80. The summed E-state index contributed by atoms with van der Waals surface area (Å²) in [4.78, 5) is 12.1. The van der Waals surface area contributed by atoms with E-state index in [0.29, 0.717) is 21.9 Å². The second kappa shape index (κ2) is 9.41. The van der Waals surface area contributed by atoms with Crippen molar-refractivity contribution in [2.24, 2.45) is 0 Å². The second-order valence-corrected chi connectivity index (χ2v) is 8.92. The van der Waals surface area contributed by atoms with Crippen LogP contribution in [0.5, 0.6) is 5.75 Å². The number of sulfone groups is 1. The largest absolute Gasteiger partial charge is 0.489 e. The number of halogens is 2. The van der Waals surface area contributed by atoms with Crippen LogP contribution < -0.4 is 10.1 Å². The number of benzene rings is 2. The molecule has 2 aromatic rings. The van der Waals surface area contributed by atoms with Crippen LogP contribution in [0.15, 0.2) is 42.5 Å². The van der Waals surface area contributed by atoms with Gasteiger partial charge in [0.1, 0.15) is 23.5 Å². The van der Waals surface area contributed by atoms with Crippen LogP contribution in [-0.2, 0) is 15.6 Å². The normalized spacial score (nSPS) is 12.4. The van der Waals surface area contributed by atoms with Crippen LogP contribution in [0.4, 0.5) is 0 Å². The van der Waals surface area contributed by atoms with Crippen molar-refractivity contribution in [2.75, 3.05) is 19.4 Å². The first-order valence-corrected chi connectivity index (χ1v) is 10.8. The highest BCUT2D eigenvalue weighted by atomic mass is 35.5. The Kier molecular flexibility index (Phi) is 7.49. The second-order valence-electron chi connectivity index (χ2n) is 5.99. The zero-order valence-electron chi connectivity index (χ0n) is 14.5. The van der Waals surface area contributed by atoms with Gasteiger partial charge in [-0.2, -0.15) is 0 Å². The molecule has 2 N–H and O–H groups in total. The molecule has 0 heterocycles. The van der Waals surface area contributed by atoms with Crippen molar-refractivity contribution in [3.8, 4) is 5.75 Å². The fourth-order valence-corrected chi connectivity index (χ4v) is 3.35.